The molecule has 0 radical (unpaired) electrons. The number of aromatic nitrogens is 3. The van der Waals surface area contributed by atoms with E-state index in [1.807, 2.05) is 6.92 Å². The van der Waals surface area contributed by atoms with Crippen molar-refractivity contribution in [1.29, 1.82) is 0 Å². The van der Waals surface area contributed by atoms with Gasteiger partial charge in [-0.3, -0.25) is 9.59 Å². The van der Waals surface area contributed by atoms with Crippen LogP contribution in [0.25, 0.3) is 10.9 Å². The number of benzene rings is 2. The molecule has 0 saturated heterocycles. The Balaban J connectivity index is 1.72. The number of hydrogen-bond donors (Lipinski definition) is 1. The summed E-state index contributed by atoms with van der Waals surface area (Å²) in [6.07, 6.45) is 0.547. The van der Waals surface area contributed by atoms with Crippen molar-refractivity contribution in [2.24, 2.45) is 0 Å². The molecule has 3 aromatic rings. The maximum absolute atomic E-state index is 13.7. The molecule has 0 aliphatic heterocycles. The molecule has 2 aromatic carbocycles. The van der Waals surface area contributed by atoms with Gasteiger partial charge in [-0.2, -0.15) is 0 Å². The summed E-state index contributed by atoms with van der Waals surface area (Å²) in [5.74, 6) is -0.712. The molecule has 7 heteroatoms. The quantitative estimate of drug-likeness (QED) is 0.735. The summed E-state index contributed by atoms with van der Waals surface area (Å²) in [6, 6.07) is 12.8. The molecule has 1 aromatic heterocycles. The van der Waals surface area contributed by atoms with Crippen molar-refractivity contribution >= 4 is 16.8 Å². The van der Waals surface area contributed by atoms with Crippen LogP contribution >= 0.6 is 0 Å². The molecular formula is C19H19FN4O2. The van der Waals surface area contributed by atoms with Crippen LogP contribution < -0.4 is 10.9 Å². The molecule has 0 aliphatic rings. The Kier molecular flexibility index (Phi) is 5.36. The molecule has 134 valence electrons. The van der Waals surface area contributed by atoms with Crippen molar-refractivity contribution < 1.29 is 9.18 Å². The number of hydrogen-bond acceptors (Lipinski definition) is 4. The number of rotatable bonds is 6. The molecule has 1 atom stereocenters. The first kappa shape index (κ1) is 17.7. The monoisotopic (exact) mass is 354 g/mol. The molecule has 26 heavy (non-hydrogen) atoms. The lowest BCUT2D eigenvalue weighted by Gasteiger charge is -2.17. The number of nitrogens with zero attached hydrogens (tertiary/aromatic N) is 3. The van der Waals surface area contributed by atoms with Gasteiger partial charge >= 0.3 is 0 Å². The number of halogens is 1. The topological polar surface area (TPSA) is 76.9 Å². The van der Waals surface area contributed by atoms with Crippen LogP contribution in [-0.2, 0) is 17.8 Å². The standard InChI is InChI=1S/C19H19FN4O2/c1-2-14(21-18(25)11-13-7-3-5-9-16(13)20)12-24-19(26)15-8-4-6-10-17(15)22-23-24/h3-10,14H,2,11-12H2,1H3,(H,21,25)/t14-/m1/s1. The van der Waals surface area contributed by atoms with Gasteiger partial charge in [0, 0.05) is 6.04 Å². The van der Waals surface area contributed by atoms with Crippen molar-refractivity contribution in [2.45, 2.75) is 32.4 Å². The summed E-state index contributed by atoms with van der Waals surface area (Å²) in [4.78, 5) is 24.7. The Morgan fingerprint density at radius 3 is 2.69 bits per heavy atom. The molecule has 0 saturated carbocycles. The van der Waals surface area contributed by atoms with Crippen molar-refractivity contribution in [3.63, 3.8) is 0 Å². The second kappa shape index (κ2) is 7.86. The van der Waals surface area contributed by atoms with Gasteiger partial charge < -0.3 is 5.32 Å². The molecular weight excluding hydrogens is 335 g/mol. The van der Waals surface area contributed by atoms with Crippen LogP contribution in [0.2, 0.25) is 0 Å². The third kappa shape index (κ3) is 3.93. The van der Waals surface area contributed by atoms with Gasteiger partial charge in [-0.15, -0.1) is 5.10 Å². The second-order valence-electron chi connectivity index (χ2n) is 6.03. The molecule has 1 heterocycles. The van der Waals surface area contributed by atoms with Crippen LogP contribution in [0, 0.1) is 5.82 Å². The fourth-order valence-corrected chi connectivity index (χ4v) is 2.72. The predicted octanol–water partition coefficient (Wildman–Crippen LogP) is 2.07. The lowest BCUT2D eigenvalue weighted by Crippen LogP contribution is -2.41. The van der Waals surface area contributed by atoms with Crippen LogP contribution in [0.5, 0.6) is 0 Å². The van der Waals surface area contributed by atoms with Crippen molar-refractivity contribution in [3.05, 3.63) is 70.3 Å². The van der Waals surface area contributed by atoms with Crippen LogP contribution in [0.3, 0.4) is 0 Å². The minimum Gasteiger partial charge on any atom is -0.351 e. The van der Waals surface area contributed by atoms with E-state index in [9.17, 15) is 14.0 Å². The number of carbonyl (C=O) groups excluding carboxylic acids is 1. The summed E-state index contributed by atoms with van der Waals surface area (Å²) in [5, 5.41) is 11.3. The summed E-state index contributed by atoms with van der Waals surface area (Å²) in [5.41, 5.74) is 0.616. The van der Waals surface area contributed by atoms with Crippen molar-refractivity contribution in [1.82, 2.24) is 20.3 Å². The Hall–Kier alpha value is -3.09. The Morgan fingerprint density at radius 2 is 1.92 bits per heavy atom. The molecule has 0 aliphatic carbocycles. The molecule has 0 fully saturated rings. The molecule has 0 bridgehead atoms. The van der Waals surface area contributed by atoms with Gasteiger partial charge in [0.2, 0.25) is 5.91 Å². The maximum Gasteiger partial charge on any atom is 0.277 e. The number of nitrogens with one attached hydrogen (secondary N) is 1. The van der Waals surface area contributed by atoms with Gasteiger partial charge in [0.15, 0.2) is 0 Å². The Labute approximate surface area is 149 Å². The largest absolute Gasteiger partial charge is 0.351 e. The SMILES string of the molecule is CC[C@H](Cn1nnc2ccccc2c1=O)NC(=O)Cc1ccccc1F. The number of fused-ring (bicyclic) bond motifs is 1. The third-order valence-corrected chi connectivity index (χ3v) is 4.19. The molecule has 1 amide bonds. The van der Waals surface area contributed by atoms with E-state index in [4.69, 9.17) is 0 Å². The Bertz CT molecular complexity index is 986. The van der Waals surface area contributed by atoms with Crippen molar-refractivity contribution in [2.75, 3.05) is 0 Å². The van der Waals surface area contributed by atoms with E-state index in [-0.39, 0.29) is 30.5 Å². The highest BCUT2D eigenvalue weighted by atomic mass is 19.1. The van der Waals surface area contributed by atoms with Crippen LogP contribution in [0.15, 0.2) is 53.3 Å². The Morgan fingerprint density at radius 1 is 1.19 bits per heavy atom. The number of amides is 1. The van der Waals surface area contributed by atoms with E-state index in [2.05, 4.69) is 15.6 Å². The summed E-state index contributed by atoms with van der Waals surface area (Å²) < 4.78 is 14.9. The second-order valence-corrected chi connectivity index (χ2v) is 6.03. The highest BCUT2D eigenvalue weighted by molar-refractivity contribution is 5.79. The minimum atomic E-state index is -0.410. The van der Waals surface area contributed by atoms with Crippen molar-refractivity contribution in [3.8, 4) is 0 Å². The molecule has 1 N–H and O–H groups in total. The van der Waals surface area contributed by atoms with E-state index in [0.717, 1.165) is 0 Å². The maximum atomic E-state index is 13.7. The van der Waals surface area contributed by atoms with Gasteiger partial charge in [0.05, 0.1) is 18.4 Å². The average molecular weight is 354 g/mol. The molecule has 6 nitrogen and oxygen atoms in total. The zero-order valence-electron chi connectivity index (χ0n) is 14.4. The molecule has 0 spiro atoms. The summed E-state index contributed by atoms with van der Waals surface area (Å²) in [7, 11) is 0. The third-order valence-electron chi connectivity index (χ3n) is 4.19. The van der Waals surface area contributed by atoms with Gasteiger partial charge in [0.25, 0.3) is 5.56 Å². The number of carbonyl (C=O) groups is 1. The zero-order chi connectivity index (χ0) is 18.5. The highest BCUT2D eigenvalue weighted by Crippen LogP contribution is 2.08. The van der Waals surface area contributed by atoms with E-state index in [1.165, 1.54) is 10.7 Å². The first-order valence-electron chi connectivity index (χ1n) is 8.43. The zero-order valence-corrected chi connectivity index (χ0v) is 14.4. The van der Waals surface area contributed by atoms with Crippen LogP contribution in [0.4, 0.5) is 4.39 Å². The van der Waals surface area contributed by atoms with Gasteiger partial charge in [0.1, 0.15) is 11.3 Å². The summed E-state index contributed by atoms with van der Waals surface area (Å²) in [6.45, 7) is 2.10. The van der Waals surface area contributed by atoms with E-state index < -0.39 is 5.82 Å². The van der Waals surface area contributed by atoms with Crippen LogP contribution in [0.1, 0.15) is 18.9 Å². The predicted molar refractivity (Wildman–Crippen MR) is 96.1 cm³/mol. The lowest BCUT2D eigenvalue weighted by molar-refractivity contribution is -0.121. The summed E-state index contributed by atoms with van der Waals surface area (Å²) >= 11 is 0. The fraction of sp³-hybridized carbons (Fsp3) is 0.263. The normalized spacial score (nSPS) is 12.1. The van der Waals surface area contributed by atoms with Gasteiger partial charge in [-0.25, -0.2) is 9.07 Å². The fourth-order valence-electron chi connectivity index (χ4n) is 2.72. The van der Waals surface area contributed by atoms with E-state index >= 15 is 0 Å². The smallest absolute Gasteiger partial charge is 0.277 e. The first-order valence-corrected chi connectivity index (χ1v) is 8.43. The van der Waals surface area contributed by atoms with Gasteiger partial charge in [-0.05, 0) is 30.2 Å². The van der Waals surface area contributed by atoms with E-state index in [0.29, 0.717) is 22.9 Å². The minimum absolute atomic E-state index is 0.0541. The highest BCUT2D eigenvalue weighted by Gasteiger charge is 2.15. The molecule has 3 rings (SSSR count). The first-order chi connectivity index (χ1) is 12.6. The van der Waals surface area contributed by atoms with Gasteiger partial charge in [-0.1, -0.05) is 42.5 Å². The molecule has 0 unspecified atom stereocenters. The van der Waals surface area contributed by atoms with Crippen LogP contribution in [-0.4, -0.2) is 26.9 Å². The lowest BCUT2D eigenvalue weighted by atomic mass is 10.1. The average Bonchev–Trinajstić information content (AvgIpc) is 2.65. The van der Waals surface area contributed by atoms with E-state index in [1.54, 1.807) is 42.5 Å².